The van der Waals surface area contributed by atoms with Gasteiger partial charge in [-0.15, -0.1) is 0 Å². The number of urea groups is 1. The Balaban J connectivity index is 1.46. The Morgan fingerprint density at radius 2 is 1.60 bits per heavy atom. The van der Waals surface area contributed by atoms with Crippen molar-refractivity contribution >= 4 is 23.5 Å². The summed E-state index contributed by atoms with van der Waals surface area (Å²) in [6.07, 6.45) is 4.16. The van der Waals surface area contributed by atoms with Crippen LogP contribution in [0.15, 0.2) is 60.7 Å². The molecule has 1 aliphatic carbocycles. The van der Waals surface area contributed by atoms with E-state index in [2.05, 4.69) is 10.7 Å². The normalized spacial score (nSPS) is 17.7. The number of anilines is 1. The standard InChI is InChI=1S/C23H26N4O3/c28-20(17-26-21(29)23(24-22(26)30)14-8-3-9-15-23)25-27(19-12-6-2-7-13-19)16-18-10-4-1-5-11-18/h1-2,4-7,10-13H,3,8-9,14-17H2,(H,24,30)(H,25,28). The number of amides is 4. The van der Waals surface area contributed by atoms with E-state index in [9.17, 15) is 14.4 Å². The van der Waals surface area contributed by atoms with Crippen LogP contribution in [0.25, 0.3) is 0 Å². The molecule has 7 heteroatoms. The van der Waals surface area contributed by atoms with Crippen molar-refractivity contribution in [3.63, 3.8) is 0 Å². The molecule has 0 bridgehead atoms. The van der Waals surface area contributed by atoms with Crippen LogP contribution >= 0.6 is 0 Å². The molecule has 0 aromatic heterocycles. The maximum atomic E-state index is 12.9. The lowest BCUT2D eigenvalue weighted by molar-refractivity contribution is -0.135. The summed E-state index contributed by atoms with van der Waals surface area (Å²) in [5.74, 6) is -0.692. The van der Waals surface area contributed by atoms with Crippen LogP contribution in [-0.4, -0.2) is 34.8 Å². The first-order valence-corrected chi connectivity index (χ1v) is 10.4. The molecule has 1 saturated heterocycles. The Morgan fingerprint density at radius 1 is 0.967 bits per heavy atom. The third-order valence-electron chi connectivity index (χ3n) is 5.77. The van der Waals surface area contributed by atoms with Crippen LogP contribution in [0.3, 0.4) is 0 Å². The number of hydrazine groups is 1. The Hall–Kier alpha value is -3.35. The molecule has 1 heterocycles. The number of para-hydroxylation sites is 1. The number of benzene rings is 2. The van der Waals surface area contributed by atoms with Gasteiger partial charge in [0, 0.05) is 0 Å². The van der Waals surface area contributed by atoms with Crippen LogP contribution in [0.2, 0.25) is 0 Å². The molecule has 7 nitrogen and oxygen atoms in total. The third kappa shape index (κ3) is 4.15. The van der Waals surface area contributed by atoms with E-state index < -0.39 is 17.5 Å². The van der Waals surface area contributed by atoms with Gasteiger partial charge in [0.15, 0.2) is 0 Å². The van der Waals surface area contributed by atoms with Crippen molar-refractivity contribution in [1.29, 1.82) is 0 Å². The van der Waals surface area contributed by atoms with Crippen molar-refractivity contribution < 1.29 is 14.4 Å². The number of hydrogen-bond donors (Lipinski definition) is 2. The van der Waals surface area contributed by atoms with Gasteiger partial charge in [-0.25, -0.2) is 4.79 Å². The molecule has 1 aliphatic heterocycles. The molecule has 1 saturated carbocycles. The number of carbonyl (C=O) groups excluding carboxylic acids is 3. The van der Waals surface area contributed by atoms with Crippen LogP contribution in [-0.2, 0) is 16.1 Å². The van der Waals surface area contributed by atoms with Gasteiger partial charge in [0.2, 0.25) is 0 Å². The molecule has 2 aromatic rings. The van der Waals surface area contributed by atoms with E-state index >= 15 is 0 Å². The lowest BCUT2D eigenvalue weighted by atomic mass is 9.82. The highest BCUT2D eigenvalue weighted by Crippen LogP contribution is 2.33. The zero-order valence-electron chi connectivity index (χ0n) is 16.8. The Labute approximate surface area is 176 Å². The van der Waals surface area contributed by atoms with Crippen LogP contribution in [0.1, 0.15) is 37.7 Å². The van der Waals surface area contributed by atoms with Gasteiger partial charge in [0.25, 0.3) is 11.8 Å². The van der Waals surface area contributed by atoms with Crippen molar-refractivity contribution in [2.75, 3.05) is 11.6 Å². The summed E-state index contributed by atoms with van der Waals surface area (Å²) in [4.78, 5) is 39.2. The molecular weight excluding hydrogens is 380 g/mol. The summed E-state index contributed by atoms with van der Waals surface area (Å²) in [7, 11) is 0. The number of nitrogens with zero attached hydrogens (tertiary/aromatic N) is 2. The van der Waals surface area contributed by atoms with E-state index in [0.717, 1.165) is 35.4 Å². The quantitative estimate of drug-likeness (QED) is 0.571. The zero-order chi connectivity index (χ0) is 21.0. The molecule has 0 radical (unpaired) electrons. The van der Waals surface area contributed by atoms with E-state index in [1.54, 1.807) is 5.01 Å². The van der Waals surface area contributed by atoms with E-state index in [1.165, 1.54) is 0 Å². The summed E-state index contributed by atoms with van der Waals surface area (Å²) in [5.41, 5.74) is 3.88. The fraction of sp³-hybridized carbons (Fsp3) is 0.348. The number of rotatable bonds is 6. The van der Waals surface area contributed by atoms with Gasteiger partial charge in [0.05, 0.1) is 12.2 Å². The molecule has 2 aromatic carbocycles. The molecule has 30 heavy (non-hydrogen) atoms. The average Bonchev–Trinajstić information content (AvgIpc) is 2.99. The minimum absolute atomic E-state index is 0.281. The van der Waals surface area contributed by atoms with Gasteiger partial charge in [-0.05, 0) is 30.5 Å². The first-order valence-electron chi connectivity index (χ1n) is 10.4. The van der Waals surface area contributed by atoms with E-state index in [-0.39, 0.29) is 12.5 Å². The van der Waals surface area contributed by atoms with Crippen LogP contribution < -0.4 is 15.8 Å². The molecule has 156 valence electrons. The molecule has 0 atom stereocenters. The maximum Gasteiger partial charge on any atom is 0.325 e. The molecule has 2 N–H and O–H groups in total. The molecule has 2 fully saturated rings. The molecule has 4 amide bonds. The second-order valence-electron chi connectivity index (χ2n) is 7.91. The maximum absolute atomic E-state index is 12.9. The third-order valence-corrected chi connectivity index (χ3v) is 5.77. The van der Waals surface area contributed by atoms with E-state index in [0.29, 0.717) is 19.4 Å². The summed E-state index contributed by atoms with van der Waals surface area (Å²) in [5, 5.41) is 4.57. The van der Waals surface area contributed by atoms with E-state index in [4.69, 9.17) is 0 Å². The van der Waals surface area contributed by atoms with Gasteiger partial charge in [-0.1, -0.05) is 67.8 Å². The number of carbonyl (C=O) groups is 3. The van der Waals surface area contributed by atoms with Gasteiger partial charge in [-0.3, -0.25) is 24.9 Å². The van der Waals surface area contributed by atoms with Gasteiger partial charge < -0.3 is 5.32 Å². The minimum atomic E-state index is -0.821. The largest absolute Gasteiger partial charge is 0.325 e. The second-order valence-corrected chi connectivity index (χ2v) is 7.91. The SMILES string of the molecule is O=C(CN1C(=O)NC2(CCCCC2)C1=O)NN(Cc1ccccc1)c1ccccc1. The molecule has 2 aliphatic rings. The fourth-order valence-corrected chi connectivity index (χ4v) is 4.21. The lowest BCUT2D eigenvalue weighted by Gasteiger charge is -2.30. The first kappa shape index (κ1) is 19.9. The van der Waals surface area contributed by atoms with Crippen LogP contribution in [0.5, 0.6) is 0 Å². The van der Waals surface area contributed by atoms with Gasteiger partial charge in [-0.2, -0.15) is 0 Å². The predicted molar refractivity (Wildman–Crippen MR) is 113 cm³/mol. The first-order chi connectivity index (χ1) is 14.6. The molecule has 4 rings (SSSR count). The highest BCUT2D eigenvalue weighted by atomic mass is 16.2. The molecule has 0 unspecified atom stereocenters. The van der Waals surface area contributed by atoms with Crippen LogP contribution in [0.4, 0.5) is 10.5 Å². The highest BCUT2D eigenvalue weighted by Gasteiger charge is 2.51. The van der Waals surface area contributed by atoms with Crippen molar-refractivity contribution in [2.45, 2.75) is 44.2 Å². The Morgan fingerprint density at radius 3 is 2.27 bits per heavy atom. The molecular formula is C23H26N4O3. The minimum Gasteiger partial charge on any atom is -0.323 e. The highest BCUT2D eigenvalue weighted by molar-refractivity contribution is 6.09. The zero-order valence-corrected chi connectivity index (χ0v) is 16.8. The van der Waals surface area contributed by atoms with Crippen molar-refractivity contribution in [2.24, 2.45) is 0 Å². The topological polar surface area (TPSA) is 81.8 Å². The van der Waals surface area contributed by atoms with Gasteiger partial charge in [0.1, 0.15) is 12.1 Å². The Bertz CT molecular complexity index is 911. The lowest BCUT2D eigenvalue weighted by Crippen LogP contribution is -2.50. The fourth-order valence-electron chi connectivity index (χ4n) is 4.21. The second kappa shape index (κ2) is 8.57. The average molecular weight is 406 g/mol. The van der Waals surface area contributed by atoms with Crippen molar-refractivity contribution in [3.8, 4) is 0 Å². The summed E-state index contributed by atoms with van der Waals surface area (Å²) in [6.45, 7) is 0.158. The summed E-state index contributed by atoms with van der Waals surface area (Å²) in [6, 6.07) is 18.8. The van der Waals surface area contributed by atoms with Crippen LogP contribution in [0, 0.1) is 0 Å². The van der Waals surface area contributed by atoms with Crippen molar-refractivity contribution in [3.05, 3.63) is 66.2 Å². The monoisotopic (exact) mass is 406 g/mol. The van der Waals surface area contributed by atoms with Crippen molar-refractivity contribution in [1.82, 2.24) is 15.6 Å². The Kier molecular flexibility index (Phi) is 5.70. The summed E-state index contributed by atoms with van der Waals surface area (Å²) < 4.78 is 0. The smallest absolute Gasteiger partial charge is 0.323 e. The number of nitrogens with one attached hydrogen (secondary N) is 2. The number of imide groups is 1. The van der Waals surface area contributed by atoms with E-state index in [1.807, 2.05) is 60.7 Å². The van der Waals surface area contributed by atoms with Gasteiger partial charge >= 0.3 is 6.03 Å². The number of hydrogen-bond acceptors (Lipinski definition) is 4. The predicted octanol–water partition coefficient (Wildman–Crippen LogP) is 2.98. The molecule has 1 spiro atoms. The summed E-state index contributed by atoms with van der Waals surface area (Å²) >= 11 is 0.